The number of amides is 4. The number of carbonyl (C=O) groups is 3. The number of imide groups is 1. The molecule has 1 unspecified atom stereocenters. The molecule has 1 spiro atoms. The predicted octanol–water partition coefficient (Wildman–Crippen LogP) is 1.77. The van der Waals surface area contributed by atoms with Gasteiger partial charge in [-0.2, -0.15) is 0 Å². The minimum Gasteiger partial charge on any atom is -0.312 e. The van der Waals surface area contributed by atoms with E-state index in [1.165, 1.54) is 0 Å². The number of nitrogens with zero attached hydrogens (tertiary/aromatic N) is 1. The normalized spacial score (nSPS) is 23.3. The summed E-state index contributed by atoms with van der Waals surface area (Å²) in [4.78, 5) is 38.3. The standard InChI is InChI=1S/C15H16ClN3O3/c1-8(2)5-6-19-11-4-3-9(16)7-10(11)15(13(19)21)12(20)17-14(22)18-15/h3-4,7-8H,5-6H2,1-2H3,(H2,17,18,20,22). The minimum absolute atomic E-state index is 0.408. The highest BCUT2D eigenvalue weighted by molar-refractivity contribution is 6.32. The number of benzene rings is 1. The van der Waals surface area contributed by atoms with Crippen LogP contribution in [0.5, 0.6) is 0 Å². The van der Waals surface area contributed by atoms with E-state index in [0.29, 0.717) is 28.7 Å². The van der Waals surface area contributed by atoms with Crippen LogP contribution >= 0.6 is 11.6 Å². The Morgan fingerprint density at radius 3 is 2.59 bits per heavy atom. The van der Waals surface area contributed by atoms with E-state index in [9.17, 15) is 14.4 Å². The van der Waals surface area contributed by atoms with Gasteiger partial charge in [0.05, 0.1) is 5.69 Å². The molecule has 0 aromatic heterocycles. The highest BCUT2D eigenvalue weighted by atomic mass is 35.5. The average Bonchev–Trinajstić information content (AvgIpc) is 2.86. The van der Waals surface area contributed by atoms with Crippen LogP contribution in [0.3, 0.4) is 0 Å². The summed E-state index contributed by atoms with van der Waals surface area (Å²) in [7, 11) is 0. The fraction of sp³-hybridized carbons (Fsp3) is 0.400. The molecule has 1 saturated heterocycles. The molecule has 2 heterocycles. The smallest absolute Gasteiger partial charge is 0.312 e. The number of hydrogen-bond donors (Lipinski definition) is 2. The summed E-state index contributed by atoms with van der Waals surface area (Å²) < 4.78 is 0. The Labute approximate surface area is 132 Å². The van der Waals surface area contributed by atoms with Crippen molar-refractivity contribution >= 4 is 35.1 Å². The Hall–Kier alpha value is -2.08. The maximum absolute atomic E-state index is 12.9. The maximum Gasteiger partial charge on any atom is 0.323 e. The molecule has 0 aliphatic carbocycles. The number of anilines is 1. The molecule has 4 amide bonds. The van der Waals surface area contributed by atoms with Crippen LogP contribution in [0, 0.1) is 5.92 Å². The first-order chi connectivity index (χ1) is 10.4. The lowest BCUT2D eigenvalue weighted by Gasteiger charge is -2.21. The Balaban J connectivity index is 2.11. The topological polar surface area (TPSA) is 78.5 Å². The summed E-state index contributed by atoms with van der Waals surface area (Å²) in [5.74, 6) is -0.682. The van der Waals surface area contributed by atoms with E-state index < -0.39 is 23.4 Å². The lowest BCUT2D eigenvalue weighted by atomic mass is 9.91. The van der Waals surface area contributed by atoms with E-state index in [-0.39, 0.29) is 0 Å². The van der Waals surface area contributed by atoms with Crippen molar-refractivity contribution in [3.8, 4) is 0 Å². The Kier molecular flexibility index (Phi) is 3.36. The summed E-state index contributed by atoms with van der Waals surface area (Å²) in [6.45, 7) is 4.60. The molecule has 1 fully saturated rings. The number of urea groups is 1. The molecule has 6 nitrogen and oxygen atoms in total. The van der Waals surface area contributed by atoms with Crippen molar-refractivity contribution in [3.05, 3.63) is 28.8 Å². The van der Waals surface area contributed by atoms with Crippen LogP contribution < -0.4 is 15.5 Å². The third-order valence-corrected chi connectivity index (χ3v) is 4.25. The van der Waals surface area contributed by atoms with E-state index in [4.69, 9.17) is 11.6 Å². The van der Waals surface area contributed by atoms with Crippen molar-refractivity contribution in [1.82, 2.24) is 10.6 Å². The van der Waals surface area contributed by atoms with Crippen LogP contribution in [0.1, 0.15) is 25.8 Å². The van der Waals surface area contributed by atoms with E-state index in [2.05, 4.69) is 24.5 Å². The molecule has 0 radical (unpaired) electrons. The zero-order chi connectivity index (χ0) is 16.1. The van der Waals surface area contributed by atoms with Gasteiger partial charge < -0.3 is 10.2 Å². The van der Waals surface area contributed by atoms with Gasteiger partial charge in [-0.25, -0.2) is 4.79 Å². The molecular formula is C15H16ClN3O3. The zero-order valence-corrected chi connectivity index (χ0v) is 13.0. The number of halogens is 1. The van der Waals surface area contributed by atoms with Gasteiger partial charge >= 0.3 is 6.03 Å². The second-order valence-corrected chi connectivity index (χ2v) is 6.40. The second kappa shape index (κ2) is 4.98. The average molecular weight is 322 g/mol. The first-order valence-corrected chi connectivity index (χ1v) is 7.49. The first-order valence-electron chi connectivity index (χ1n) is 7.12. The lowest BCUT2D eigenvalue weighted by molar-refractivity contribution is -0.133. The number of hydrogen-bond acceptors (Lipinski definition) is 3. The SMILES string of the molecule is CC(C)CCN1C(=O)C2(NC(=O)NC2=O)c2cc(Cl)ccc21. The monoisotopic (exact) mass is 321 g/mol. The Bertz CT molecular complexity index is 689. The third kappa shape index (κ3) is 1.98. The van der Waals surface area contributed by atoms with Crippen molar-refractivity contribution < 1.29 is 14.4 Å². The highest BCUT2D eigenvalue weighted by Gasteiger charge is 2.61. The van der Waals surface area contributed by atoms with Gasteiger partial charge in [-0.3, -0.25) is 14.9 Å². The number of fused-ring (bicyclic) bond motifs is 2. The van der Waals surface area contributed by atoms with E-state index in [1.807, 2.05) is 0 Å². The molecule has 2 N–H and O–H groups in total. The van der Waals surface area contributed by atoms with Gasteiger partial charge in [-0.1, -0.05) is 25.4 Å². The Morgan fingerprint density at radius 2 is 2.00 bits per heavy atom. The van der Waals surface area contributed by atoms with Crippen LogP contribution in [0.15, 0.2) is 18.2 Å². The second-order valence-electron chi connectivity index (χ2n) is 5.96. The molecule has 116 valence electrons. The molecule has 2 aliphatic rings. The van der Waals surface area contributed by atoms with Crippen molar-refractivity contribution in [2.24, 2.45) is 5.92 Å². The number of carbonyl (C=O) groups excluding carboxylic acids is 3. The minimum atomic E-state index is -1.69. The summed E-state index contributed by atoms with van der Waals surface area (Å²) >= 11 is 6.02. The summed E-state index contributed by atoms with van der Waals surface area (Å²) in [6, 6.07) is 4.27. The summed E-state index contributed by atoms with van der Waals surface area (Å²) in [5.41, 5.74) is -0.640. The van der Waals surface area contributed by atoms with Gasteiger partial charge in [0.25, 0.3) is 11.8 Å². The van der Waals surface area contributed by atoms with Crippen molar-refractivity contribution in [2.45, 2.75) is 25.8 Å². The molecular weight excluding hydrogens is 306 g/mol. The molecule has 1 aromatic carbocycles. The van der Waals surface area contributed by atoms with E-state index in [1.54, 1.807) is 23.1 Å². The van der Waals surface area contributed by atoms with E-state index >= 15 is 0 Å². The number of rotatable bonds is 3. The van der Waals surface area contributed by atoms with Gasteiger partial charge in [0.1, 0.15) is 0 Å². The quantitative estimate of drug-likeness (QED) is 0.658. The third-order valence-electron chi connectivity index (χ3n) is 4.02. The van der Waals surface area contributed by atoms with Crippen molar-refractivity contribution in [2.75, 3.05) is 11.4 Å². The van der Waals surface area contributed by atoms with Gasteiger partial charge in [-0.15, -0.1) is 0 Å². The maximum atomic E-state index is 12.9. The van der Waals surface area contributed by atoms with Gasteiger partial charge in [0.2, 0.25) is 5.54 Å². The highest BCUT2D eigenvalue weighted by Crippen LogP contribution is 2.43. The largest absolute Gasteiger partial charge is 0.323 e. The van der Waals surface area contributed by atoms with Gasteiger partial charge in [0, 0.05) is 17.1 Å². The molecule has 1 atom stereocenters. The lowest BCUT2D eigenvalue weighted by Crippen LogP contribution is -2.52. The van der Waals surface area contributed by atoms with Crippen LogP contribution in [0.2, 0.25) is 5.02 Å². The molecule has 0 bridgehead atoms. The first kappa shape index (κ1) is 14.8. The molecule has 3 rings (SSSR count). The van der Waals surface area contributed by atoms with Crippen LogP contribution in [-0.4, -0.2) is 24.4 Å². The van der Waals surface area contributed by atoms with Gasteiger partial charge in [-0.05, 0) is 30.5 Å². The fourth-order valence-electron chi connectivity index (χ4n) is 2.88. The fourth-order valence-corrected chi connectivity index (χ4v) is 3.05. The molecule has 1 aromatic rings. The zero-order valence-electron chi connectivity index (χ0n) is 12.3. The Morgan fingerprint density at radius 1 is 1.27 bits per heavy atom. The number of nitrogens with one attached hydrogen (secondary N) is 2. The molecule has 2 aliphatic heterocycles. The van der Waals surface area contributed by atoms with Crippen molar-refractivity contribution in [3.63, 3.8) is 0 Å². The summed E-state index contributed by atoms with van der Waals surface area (Å²) in [5, 5.41) is 5.03. The molecule has 0 saturated carbocycles. The predicted molar refractivity (Wildman–Crippen MR) is 81.6 cm³/mol. The molecule has 7 heteroatoms. The van der Waals surface area contributed by atoms with Crippen LogP contribution in [-0.2, 0) is 15.1 Å². The van der Waals surface area contributed by atoms with Crippen LogP contribution in [0.25, 0.3) is 0 Å². The van der Waals surface area contributed by atoms with E-state index in [0.717, 1.165) is 6.42 Å². The molecule has 22 heavy (non-hydrogen) atoms. The van der Waals surface area contributed by atoms with Crippen LogP contribution in [0.4, 0.5) is 10.5 Å². The van der Waals surface area contributed by atoms with Gasteiger partial charge in [0.15, 0.2) is 0 Å². The van der Waals surface area contributed by atoms with Crippen molar-refractivity contribution in [1.29, 1.82) is 0 Å². The summed E-state index contributed by atoms with van der Waals surface area (Å²) in [6.07, 6.45) is 0.791.